The maximum absolute atomic E-state index is 5.33. The Morgan fingerprint density at radius 1 is 1.60 bits per heavy atom. The van der Waals surface area contributed by atoms with Crippen molar-refractivity contribution >= 4 is 0 Å². The number of rotatable bonds is 5. The molecule has 0 bridgehead atoms. The Morgan fingerprint density at radius 3 is 3.27 bits per heavy atom. The summed E-state index contributed by atoms with van der Waals surface area (Å²) in [6, 6.07) is 4.71. The third-order valence-corrected chi connectivity index (χ3v) is 3.02. The summed E-state index contributed by atoms with van der Waals surface area (Å²) in [5.74, 6) is 1.10. The molecular weight excluding hydrogens is 188 g/mol. The van der Waals surface area contributed by atoms with E-state index in [-0.39, 0.29) is 0 Å². The van der Waals surface area contributed by atoms with E-state index in [4.69, 9.17) is 4.42 Å². The first kappa shape index (κ1) is 10.7. The average Bonchev–Trinajstić information content (AvgIpc) is 2.85. The summed E-state index contributed by atoms with van der Waals surface area (Å²) in [4.78, 5) is 2.51. The molecule has 3 heteroatoms. The maximum Gasteiger partial charge on any atom is 0.105 e. The second-order valence-corrected chi connectivity index (χ2v) is 4.17. The van der Waals surface area contributed by atoms with E-state index in [1.165, 1.54) is 19.5 Å². The molecule has 1 atom stereocenters. The van der Waals surface area contributed by atoms with Crippen LogP contribution in [0.1, 0.15) is 19.1 Å². The number of nitrogens with zero attached hydrogens (tertiary/aromatic N) is 1. The molecule has 3 nitrogen and oxygen atoms in total. The minimum absolute atomic E-state index is 0.701. The quantitative estimate of drug-likeness (QED) is 0.795. The fraction of sp³-hybridized carbons (Fsp3) is 0.667. The summed E-state index contributed by atoms with van der Waals surface area (Å²) in [5, 5.41) is 3.50. The maximum atomic E-state index is 5.33. The van der Waals surface area contributed by atoms with Gasteiger partial charge in [-0.25, -0.2) is 0 Å². The fourth-order valence-electron chi connectivity index (χ4n) is 2.21. The molecule has 1 N–H and O–H groups in total. The molecule has 2 rings (SSSR count). The predicted molar refractivity (Wildman–Crippen MR) is 60.9 cm³/mol. The topological polar surface area (TPSA) is 28.4 Å². The lowest BCUT2D eigenvalue weighted by Crippen LogP contribution is -2.32. The number of hydrogen-bond acceptors (Lipinski definition) is 3. The van der Waals surface area contributed by atoms with Crippen molar-refractivity contribution in [1.82, 2.24) is 10.2 Å². The third kappa shape index (κ3) is 3.08. The number of nitrogens with one attached hydrogen (secondary N) is 1. The zero-order chi connectivity index (χ0) is 10.5. The van der Waals surface area contributed by atoms with Crippen LogP contribution in [0.2, 0.25) is 0 Å². The molecule has 1 saturated heterocycles. The van der Waals surface area contributed by atoms with Crippen LogP contribution in [-0.4, -0.2) is 37.1 Å². The second-order valence-electron chi connectivity index (χ2n) is 4.17. The van der Waals surface area contributed by atoms with Crippen LogP contribution in [0.5, 0.6) is 0 Å². The predicted octanol–water partition coefficient (Wildman–Crippen LogP) is 1.51. The highest BCUT2D eigenvalue weighted by Gasteiger charge is 2.20. The number of likely N-dealkylation sites (tertiary alicyclic amines) is 1. The van der Waals surface area contributed by atoms with Crippen molar-refractivity contribution in [3.8, 4) is 0 Å². The van der Waals surface area contributed by atoms with E-state index in [1.807, 2.05) is 6.07 Å². The highest BCUT2D eigenvalue weighted by Crippen LogP contribution is 2.10. The molecule has 0 amide bonds. The van der Waals surface area contributed by atoms with Crippen LogP contribution in [0.15, 0.2) is 22.8 Å². The Labute approximate surface area is 91.4 Å². The highest BCUT2D eigenvalue weighted by molar-refractivity contribution is 4.98. The van der Waals surface area contributed by atoms with Gasteiger partial charge in [-0.05, 0) is 31.6 Å². The van der Waals surface area contributed by atoms with Gasteiger partial charge in [0.15, 0.2) is 0 Å². The van der Waals surface area contributed by atoms with Crippen LogP contribution in [0.4, 0.5) is 0 Å². The first-order valence-electron chi connectivity index (χ1n) is 5.86. The lowest BCUT2D eigenvalue weighted by atomic mass is 10.3. The van der Waals surface area contributed by atoms with E-state index in [1.54, 1.807) is 6.26 Å². The van der Waals surface area contributed by atoms with Crippen molar-refractivity contribution < 1.29 is 4.42 Å². The summed E-state index contributed by atoms with van der Waals surface area (Å²) in [6.07, 6.45) is 4.07. The molecule has 2 heterocycles. The Morgan fingerprint density at radius 2 is 2.53 bits per heavy atom. The number of likely N-dealkylation sites (N-methyl/N-ethyl adjacent to an activating group) is 1. The minimum Gasteiger partial charge on any atom is -0.469 e. The van der Waals surface area contributed by atoms with E-state index in [9.17, 15) is 0 Å². The van der Waals surface area contributed by atoms with Gasteiger partial charge in [-0.2, -0.15) is 0 Å². The normalized spacial score (nSPS) is 22.3. The zero-order valence-electron chi connectivity index (χ0n) is 9.41. The van der Waals surface area contributed by atoms with Crippen LogP contribution < -0.4 is 5.32 Å². The molecule has 0 saturated carbocycles. The van der Waals surface area contributed by atoms with E-state index in [0.29, 0.717) is 6.04 Å². The van der Waals surface area contributed by atoms with Gasteiger partial charge in [-0.15, -0.1) is 0 Å². The Bertz CT molecular complexity index is 271. The summed E-state index contributed by atoms with van der Waals surface area (Å²) in [5.41, 5.74) is 0. The number of furan rings is 1. The second kappa shape index (κ2) is 5.33. The van der Waals surface area contributed by atoms with Gasteiger partial charge in [0.2, 0.25) is 0 Å². The number of hydrogen-bond donors (Lipinski definition) is 1. The lowest BCUT2D eigenvalue weighted by molar-refractivity contribution is 0.321. The van der Waals surface area contributed by atoms with Gasteiger partial charge in [-0.1, -0.05) is 6.92 Å². The largest absolute Gasteiger partial charge is 0.469 e. The SMILES string of the molecule is CCNC1CCN(CCc2ccco2)C1. The third-order valence-electron chi connectivity index (χ3n) is 3.02. The van der Waals surface area contributed by atoms with Crippen molar-refractivity contribution in [3.05, 3.63) is 24.2 Å². The average molecular weight is 208 g/mol. The molecule has 1 unspecified atom stereocenters. The van der Waals surface area contributed by atoms with E-state index < -0.39 is 0 Å². The lowest BCUT2D eigenvalue weighted by Gasteiger charge is -2.15. The molecule has 1 aliphatic rings. The van der Waals surface area contributed by atoms with Gasteiger partial charge < -0.3 is 14.6 Å². The molecule has 0 spiro atoms. The molecule has 1 aromatic rings. The molecule has 84 valence electrons. The summed E-state index contributed by atoms with van der Waals surface area (Å²) < 4.78 is 5.33. The van der Waals surface area contributed by atoms with Gasteiger partial charge in [0, 0.05) is 25.6 Å². The molecular formula is C12H20N2O. The van der Waals surface area contributed by atoms with E-state index in [2.05, 4.69) is 23.2 Å². The Hall–Kier alpha value is -0.800. The van der Waals surface area contributed by atoms with Crippen LogP contribution in [0.25, 0.3) is 0 Å². The standard InChI is InChI=1S/C12H20N2O/c1-2-13-11-5-7-14(10-11)8-6-12-4-3-9-15-12/h3-4,9,11,13H,2,5-8,10H2,1H3. The molecule has 0 aliphatic carbocycles. The molecule has 1 fully saturated rings. The van der Waals surface area contributed by atoms with Gasteiger partial charge in [0.05, 0.1) is 6.26 Å². The van der Waals surface area contributed by atoms with Crippen LogP contribution >= 0.6 is 0 Å². The first-order chi connectivity index (χ1) is 7.38. The van der Waals surface area contributed by atoms with Crippen molar-refractivity contribution in [2.45, 2.75) is 25.8 Å². The summed E-state index contributed by atoms with van der Waals surface area (Å²) in [6.45, 7) is 6.78. The molecule has 0 aromatic carbocycles. The Balaban J connectivity index is 1.69. The van der Waals surface area contributed by atoms with Crippen LogP contribution in [-0.2, 0) is 6.42 Å². The van der Waals surface area contributed by atoms with Crippen LogP contribution in [0.3, 0.4) is 0 Å². The van der Waals surface area contributed by atoms with Gasteiger partial charge >= 0.3 is 0 Å². The molecule has 1 aliphatic heterocycles. The van der Waals surface area contributed by atoms with Crippen molar-refractivity contribution in [2.24, 2.45) is 0 Å². The van der Waals surface area contributed by atoms with Crippen molar-refractivity contribution in [1.29, 1.82) is 0 Å². The van der Waals surface area contributed by atoms with Crippen molar-refractivity contribution in [3.63, 3.8) is 0 Å². The summed E-state index contributed by atoms with van der Waals surface area (Å²) in [7, 11) is 0. The molecule has 0 radical (unpaired) electrons. The monoisotopic (exact) mass is 208 g/mol. The molecule has 15 heavy (non-hydrogen) atoms. The van der Waals surface area contributed by atoms with E-state index >= 15 is 0 Å². The fourth-order valence-corrected chi connectivity index (χ4v) is 2.21. The molecule has 1 aromatic heterocycles. The van der Waals surface area contributed by atoms with Gasteiger partial charge in [-0.3, -0.25) is 0 Å². The van der Waals surface area contributed by atoms with Gasteiger partial charge in [0.25, 0.3) is 0 Å². The first-order valence-corrected chi connectivity index (χ1v) is 5.86. The van der Waals surface area contributed by atoms with Crippen LogP contribution in [0, 0.1) is 0 Å². The zero-order valence-corrected chi connectivity index (χ0v) is 9.41. The highest BCUT2D eigenvalue weighted by atomic mass is 16.3. The van der Waals surface area contributed by atoms with Crippen molar-refractivity contribution in [2.75, 3.05) is 26.2 Å². The Kier molecular flexibility index (Phi) is 3.80. The minimum atomic E-state index is 0.701. The smallest absolute Gasteiger partial charge is 0.105 e. The van der Waals surface area contributed by atoms with E-state index in [0.717, 1.165) is 25.3 Å². The van der Waals surface area contributed by atoms with Gasteiger partial charge in [0.1, 0.15) is 5.76 Å². The summed E-state index contributed by atoms with van der Waals surface area (Å²) >= 11 is 0.